The highest BCUT2D eigenvalue weighted by Crippen LogP contribution is 2.20. The maximum Gasteiger partial charge on any atom is 0.340 e. The molecule has 0 saturated carbocycles. The van der Waals surface area contributed by atoms with Crippen LogP contribution in [0.4, 0.5) is 5.69 Å². The normalized spacial score (nSPS) is 10.5. The number of fused-ring (bicyclic) bond motifs is 1. The Morgan fingerprint density at radius 2 is 1.71 bits per heavy atom. The van der Waals surface area contributed by atoms with E-state index in [1.54, 1.807) is 24.3 Å². The molecule has 0 amide bonds. The SMILES string of the molecule is COC(=O)c1cn(-c2ccc([N+](=O)[O-])cc2)c(=O)c2ccccc12. The highest BCUT2D eigenvalue weighted by atomic mass is 16.6. The smallest absolute Gasteiger partial charge is 0.340 e. The Labute approximate surface area is 135 Å². The molecule has 3 aromatic rings. The van der Waals surface area contributed by atoms with Gasteiger partial charge in [0.15, 0.2) is 0 Å². The first-order valence-corrected chi connectivity index (χ1v) is 7.00. The van der Waals surface area contributed by atoms with Gasteiger partial charge in [-0.25, -0.2) is 4.79 Å². The van der Waals surface area contributed by atoms with Crippen molar-refractivity contribution in [3.63, 3.8) is 0 Å². The largest absolute Gasteiger partial charge is 0.465 e. The van der Waals surface area contributed by atoms with Gasteiger partial charge in [0.1, 0.15) is 0 Å². The minimum atomic E-state index is -0.568. The zero-order valence-electron chi connectivity index (χ0n) is 12.6. The van der Waals surface area contributed by atoms with Crippen molar-refractivity contribution < 1.29 is 14.5 Å². The highest BCUT2D eigenvalue weighted by molar-refractivity contribution is 6.04. The molecule has 7 heteroatoms. The van der Waals surface area contributed by atoms with Crippen LogP contribution in [0.15, 0.2) is 59.5 Å². The fourth-order valence-electron chi connectivity index (χ4n) is 2.49. The van der Waals surface area contributed by atoms with E-state index in [4.69, 9.17) is 4.74 Å². The van der Waals surface area contributed by atoms with Crippen LogP contribution in [0, 0.1) is 10.1 Å². The number of nitro groups is 1. The van der Waals surface area contributed by atoms with E-state index >= 15 is 0 Å². The first kappa shape index (κ1) is 15.4. The molecule has 24 heavy (non-hydrogen) atoms. The molecule has 0 bridgehead atoms. The summed E-state index contributed by atoms with van der Waals surface area (Å²) in [5.74, 6) is -0.568. The fraction of sp³-hybridized carbons (Fsp3) is 0.0588. The number of esters is 1. The van der Waals surface area contributed by atoms with Gasteiger partial charge in [-0.3, -0.25) is 19.5 Å². The maximum absolute atomic E-state index is 12.7. The molecule has 0 unspecified atom stereocenters. The molecule has 3 rings (SSSR count). The molecule has 0 aliphatic carbocycles. The first-order chi connectivity index (χ1) is 11.5. The van der Waals surface area contributed by atoms with Crippen LogP contribution in [0.5, 0.6) is 0 Å². The lowest BCUT2D eigenvalue weighted by Crippen LogP contribution is -2.20. The second kappa shape index (κ2) is 5.96. The highest BCUT2D eigenvalue weighted by Gasteiger charge is 2.16. The molecule has 0 atom stereocenters. The van der Waals surface area contributed by atoms with Gasteiger partial charge in [0, 0.05) is 34.8 Å². The van der Waals surface area contributed by atoms with Crippen LogP contribution in [0.2, 0.25) is 0 Å². The monoisotopic (exact) mass is 324 g/mol. The van der Waals surface area contributed by atoms with Gasteiger partial charge in [0.05, 0.1) is 17.6 Å². The topological polar surface area (TPSA) is 91.4 Å². The van der Waals surface area contributed by atoms with Gasteiger partial charge in [-0.1, -0.05) is 18.2 Å². The number of rotatable bonds is 3. The minimum Gasteiger partial charge on any atom is -0.465 e. The number of hydrogen-bond donors (Lipinski definition) is 0. The Hall–Kier alpha value is -3.48. The summed E-state index contributed by atoms with van der Waals surface area (Å²) in [6.45, 7) is 0. The molecule has 1 heterocycles. The summed E-state index contributed by atoms with van der Waals surface area (Å²) in [5.41, 5.74) is 0.250. The van der Waals surface area contributed by atoms with Crippen LogP contribution in [-0.2, 0) is 4.74 Å². The predicted octanol–water partition coefficient (Wildman–Crippen LogP) is 2.69. The summed E-state index contributed by atoms with van der Waals surface area (Å²) in [6.07, 6.45) is 1.39. The van der Waals surface area contributed by atoms with Gasteiger partial charge < -0.3 is 4.74 Å². The standard InChI is InChI=1S/C17H12N2O5/c1-24-17(21)15-10-18(11-6-8-12(9-7-11)19(22)23)16(20)14-5-3-2-4-13(14)15/h2-10H,1H3. The van der Waals surface area contributed by atoms with Gasteiger partial charge in [0.2, 0.25) is 0 Å². The van der Waals surface area contributed by atoms with Crippen molar-refractivity contribution >= 4 is 22.4 Å². The van der Waals surface area contributed by atoms with Gasteiger partial charge in [0.25, 0.3) is 11.2 Å². The van der Waals surface area contributed by atoms with Crippen LogP contribution < -0.4 is 5.56 Å². The minimum absolute atomic E-state index is 0.0826. The number of non-ortho nitro benzene ring substituents is 1. The van der Waals surface area contributed by atoms with Crippen LogP contribution in [0.3, 0.4) is 0 Å². The molecule has 2 aromatic carbocycles. The second-order valence-corrected chi connectivity index (χ2v) is 5.03. The molecule has 0 radical (unpaired) electrons. The summed E-state index contributed by atoms with van der Waals surface area (Å²) in [6, 6.07) is 12.2. The van der Waals surface area contributed by atoms with Crippen molar-refractivity contribution in [1.82, 2.24) is 4.57 Å². The van der Waals surface area contributed by atoms with Crippen molar-refractivity contribution in [3.8, 4) is 5.69 Å². The molecule has 0 N–H and O–H groups in total. The number of benzene rings is 2. The van der Waals surface area contributed by atoms with Crippen LogP contribution >= 0.6 is 0 Å². The van der Waals surface area contributed by atoms with Crippen molar-refractivity contribution in [1.29, 1.82) is 0 Å². The zero-order chi connectivity index (χ0) is 17.3. The van der Waals surface area contributed by atoms with Crippen molar-refractivity contribution in [2.24, 2.45) is 0 Å². The molecule has 1 aromatic heterocycles. The summed E-state index contributed by atoms with van der Waals surface area (Å²) < 4.78 is 6.06. The molecular weight excluding hydrogens is 312 g/mol. The molecule has 0 spiro atoms. The van der Waals surface area contributed by atoms with Crippen LogP contribution in [0.1, 0.15) is 10.4 Å². The van der Waals surface area contributed by atoms with E-state index in [9.17, 15) is 19.7 Å². The molecule has 0 fully saturated rings. The Kier molecular flexibility index (Phi) is 3.83. The molecular formula is C17H12N2O5. The van der Waals surface area contributed by atoms with E-state index in [0.717, 1.165) is 0 Å². The van der Waals surface area contributed by atoms with Gasteiger partial charge in [-0.2, -0.15) is 0 Å². The average molecular weight is 324 g/mol. The van der Waals surface area contributed by atoms with Gasteiger partial charge in [-0.15, -0.1) is 0 Å². The fourth-order valence-corrected chi connectivity index (χ4v) is 2.49. The number of hydrogen-bond acceptors (Lipinski definition) is 5. The van der Waals surface area contributed by atoms with Gasteiger partial charge >= 0.3 is 5.97 Å². The third kappa shape index (κ3) is 2.52. The maximum atomic E-state index is 12.7. The lowest BCUT2D eigenvalue weighted by Gasteiger charge is -2.11. The Bertz CT molecular complexity index is 1010. The summed E-state index contributed by atoms with van der Waals surface area (Å²) >= 11 is 0. The van der Waals surface area contributed by atoms with E-state index in [2.05, 4.69) is 0 Å². The van der Waals surface area contributed by atoms with Crippen LogP contribution in [-0.4, -0.2) is 22.6 Å². The van der Waals surface area contributed by atoms with Crippen molar-refractivity contribution in [3.05, 3.63) is 80.8 Å². The lowest BCUT2D eigenvalue weighted by molar-refractivity contribution is -0.384. The summed E-state index contributed by atoms with van der Waals surface area (Å²) in [7, 11) is 1.26. The summed E-state index contributed by atoms with van der Waals surface area (Å²) in [5, 5.41) is 11.6. The molecule has 0 saturated heterocycles. The lowest BCUT2D eigenvalue weighted by atomic mass is 10.1. The van der Waals surface area contributed by atoms with Crippen LogP contribution in [0.25, 0.3) is 16.5 Å². The van der Waals surface area contributed by atoms with E-state index in [0.29, 0.717) is 16.5 Å². The molecule has 7 nitrogen and oxygen atoms in total. The van der Waals surface area contributed by atoms with E-state index in [1.165, 1.54) is 42.1 Å². The molecule has 120 valence electrons. The number of carbonyl (C=O) groups is 1. The number of pyridine rings is 1. The first-order valence-electron chi connectivity index (χ1n) is 7.00. The van der Waals surface area contributed by atoms with E-state index in [1.807, 2.05) is 0 Å². The predicted molar refractivity (Wildman–Crippen MR) is 87.5 cm³/mol. The Balaban J connectivity index is 2.28. The van der Waals surface area contributed by atoms with E-state index < -0.39 is 10.9 Å². The molecule has 0 aliphatic heterocycles. The zero-order valence-corrected chi connectivity index (χ0v) is 12.6. The number of ether oxygens (including phenoxy) is 1. The second-order valence-electron chi connectivity index (χ2n) is 5.03. The number of nitrogens with zero attached hydrogens (tertiary/aromatic N) is 2. The number of nitro benzene ring substituents is 1. The number of methoxy groups -OCH3 is 1. The Morgan fingerprint density at radius 3 is 2.29 bits per heavy atom. The summed E-state index contributed by atoms with van der Waals surface area (Å²) in [4.78, 5) is 35.0. The third-order valence-electron chi connectivity index (χ3n) is 3.67. The Morgan fingerprint density at radius 1 is 1.08 bits per heavy atom. The van der Waals surface area contributed by atoms with E-state index in [-0.39, 0.29) is 16.8 Å². The third-order valence-corrected chi connectivity index (χ3v) is 3.67. The molecule has 0 aliphatic rings. The average Bonchev–Trinajstić information content (AvgIpc) is 2.62. The van der Waals surface area contributed by atoms with Crippen molar-refractivity contribution in [2.75, 3.05) is 7.11 Å². The number of carbonyl (C=O) groups excluding carboxylic acids is 1. The quantitative estimate of drug-likeness (QED) is 0.419. The number of aromatic nitrogens is 1. The van der Waals surface area contributed by atoms with Gasteiger partial charge in [-0.05, 0) is 18.2 Å². The van der Waals surface area contributed by atoms with Crippen molar-refractivity contribution in [2.45, 2.75) is 0 Å².